The number of ether oxygens (including phenoxy) is 1. The SMILES string of the molecule is CCC(O)(CC)CNC(=O)C1COc2ccccc21. The molecule has 1 atom stereocenters. The van der Waals surface area contributed by atoms with Crippen LogP contribution in [0.3, 0.4) is 0 Å². The lowest BCUT2D eigenvalue weighted by atomic mass is 9.96. The quantitative estimate of drug-likeness (QED) is 0.852. The van der Waals surface area contributed by atoms with Gasteiger partial charge in [-0.05, 0) is 18.9 Å². The van der Waals surface area contributed by atoms with Gasteiger partial charge < -0.3 is 15.2 Å². The lowest BCUT2D eigenvalue weighted by molar-refractivity contribution is -0.124. The summed E-state index contributed by atoms with van der Waals surface area (Å²) in [5.41, 5.74) is 0.116. The third-order valence-corrected chi connectivity index (χ3v) is 3.92. The van der Waals surface area contributed by atoms with Gasteiger partial charge in [0.25, 0.3) is 0 Å². The Morgan fingerprint density at radius 2 is 2.11 bits per heavy atom. The fraction of sp³-hybridized carbons (Fsp3) is 0.533. The van der Waals surface area contributed by atoms with Crippen molar-refractivity contribution in [2.45, 2.75) is 38.2 Å². The molecule has 0 spiro atoms. The number of hydrogen-bond donors (Lipinski definition) is 2. The fourth-order valence-electron chi connectivity index (χ4n) is 2.25. The van der Waals surface area contributed by atoms with Crippen LogP contribution in [0.4, 0.5) is 0 Å². The molecule has 0 bridgehead atoms. The molecule has 19 heavy (non-hydrogen) atoms. The molecule has 1 unspecified atom stereocenters. The second-order valence-electron chi connectivity index (χ2n) is 5.05. The van der Waals surface area contributed by atoms with Gasteiger partial charge >= 0.3 is 0 Å². The molecule has 0 aromatic heterocycles. The van der Waals surface area contributed by atoms with Crippen molar-refractivity contribution < 1.29 is 14.6 Å². The number of hydrogen-bond acceptors (Lipinski definition) is 3. The first kappa shape index (κ1) is 13.9. The van der Waals surface area contributed by atoms with Gasteiger partial charge in [0.2, 0.25) is 5.91 Å². The lowest BCUT2D eigenvalue weighted by Gasteiger charge is -2.26. The van der Waals surface area contributed by atoms with Crippen molar-refractivity contribution in [1.82, 2.24) is 5.32 Å². The van der Waals surface area contributed by atoms with Crippen LogP contribution >= 0.6 is 0 Å². The first-order valence-corrected chi connectivity index (χ1v) is 6.81. The van der Waals surface area contributed by atoms with Gasteiger partial charge in [-0.15, -0.1) is 0 Å². The number of nitrogens with one attached hydrogen (secondary N) is 1. The van der Waals surface area contributed by atoms with Crippen LogP contribution in [-0.2, 0) is 4.79 Å². The molecule has 1 heterocycles. The molecule has 2 rings (SSSR count). The highest BCUT2D eigenvalue weighted by molar-refractivity contribution is 5.85. The average molecular weight is 263 g/mol. The Bertz CT molecular complexity index is 454. The molecule has 0 saturated heterocycles. The van der Waals surface area contributed by atoms with E-state index in [1.54, 1.807) is 0 Å². The van der Waals surface area contributed by atoms with Gasteiger partial charge in [-0.2, -0.15) is 0 Å². The smallest absolute Gasteiger partial charge is 0.231 e. The number of para-hydroxylation sites is 1. The zero-order valence-corrected chi connectivity index (χ0v) is 11.5. The minimum atomic E-state index is -0.811. The van der Waals surface area contributed by atoms with Crippen molar-refractivity contribution in [3.05, 3.63) is 29.8 Å². The van der Waals surface area contributed by atoms with E-state index in [0.29, 0.717) is 19.4 Å². The molecule has 1 aromatic rings. The molecule has 104 valence electrons. The Morgan fingerprint density at radius 3 is 2.79 bits per heavy atom. The molecule has 1 aliphatic heterocycles. The van der Waals surface area contributed by atoms with Crippen molar-refractivity contribution in [3.63, 3.8) is 0 Å². The van der Waals surface area contributed by atoms with E-state index in [2.05, 4.69) is 5.32 Å². The van der Waals surface area contributed by atoms with Crippen LogP contribution in [0.1, 0.15) is 38.2 Å². The van der Waals surface area contributed by atoms with Crippen LogP contribution in [0.25, 0.3) is 0 Å². The minimum absolute atomic E-state index is 0.0784. The van der Waals surface area contributed by atoms with E-state index in [1.807, 2.05) is 38.1 Å². The zero-order chi connectivity index (χ0) is 13.9. The maximum atomic E-state index is 12.2. The molecular formula is C15H21NO3. The topological polar surface area (TPSA) is 58.6 Å². The molecule has 4 heteroatoms. The van der Waals surface area contributed by atoms with Crippen molar-refractivity contribution >= 4 is 5.91 Å². The second kappa shape index (κ2) is 5.61. The number of rotatable bonds is 5. The number of aliphatic hydroxyl groups is 1. The molecule has 0 fully saturated rings. The van der Waals surface area contributed by atoms with E-state index in [4.69, 9.17) is 4.74 Å². The highest BCUT2D eigenvalue weighted by Gasteiger charge is 2.31. The van der Waals surface area contributed by atoms with E-state index in [0.717, 1.165) is 11.3 Å². The minimum Gasteiger partial charge on any atom is -0.492 e. The lowest BCUT2D eigenvalue weighted by Crippen LogP contribution is -2.43. The molecular weight excluding hydrogens is 242 g/mol. The fourth-order valence-corrected chi connectivity index (χ4v) is 2.25. The standard InChI is InChI=1S/C15H21NO3/c1-3-15(18,4-2)10-16-14(17)12-9-19-13-8-6-5-7-11(12)13/h5-8,12,18H,3-4,9-10H2,1-2H3,(H,16,17). The van der Waals surface area contributed by atoms with Crippen molar-refractivity contribution in [3.8, 4) is 5.75 Å². The van der Waals surface area contributed by atoms with E-state index in [9.17, 15) is 9.90 Å². The molecule has 4 nitrogen and oxygen atoms in total. The Labute approximate surface area is 113 Å². The van der Waals surface area contributed by atoms with Crippen molar-refractivity contribution in [2.24, 2.45) is 0 Å². The number of benzene rings is 1. The molecule has 0 saturated carbocycles. The van der Waals surface area contributed by atoms with Gasteiger partial charge in [0.05, 0.1) is 5.60 Å². The van der Waals surface area contributed by atoms with Crippen LogP contribution in [0.15, 0.2) is 24.3 Å². The molecule has 1 aliphatic rings. The van der Waals surface area contributed by atoms with Gasteiger partial charge in [0, 0.05) is 12.1 Å². The highest BCUT2D eigenvalue weighted by atomic mass is 16.5. The largest absolute Gasteiger partial charge is 0.492 e. The first-order valence-electron chi connectivity index (χ1n) is 6.81. The molecule has 1 amide bonds. The van der Waals surface area contributed by atoms with Crippen molar-refractivity contribution in [1.29, 1.82) is 0 Å². The summed E-state index contributed by atoms with van der Waals surface area (Å²) < 4.78 is 5.49. The summed E-state index contributed by atoms with van der Waals surface area (Å²) in [6, 6.07) is 7.59. The number of carbonyl (C=O) groups is 1. The molecule has 1 aromatic carbocycles. The Balaban J connectivity index is 1.99. The van der Waals surface area contributed by atoms with E-state index >= 15 is 0 Å². The van der Waals surface area contributed by atoms with Crippen LogP contribution in [0.2, 0.25) is 0 Å². The Hall–Kier alpha value is -1.55. The summed E-state index contributed by atoms with van der Waals surface area (Å²) in [6.07, 6.45) is 1.25. The van der Waals surface area contributed by atoms with Crippen LogP contribution in [-0.4, -0.2) is 29.8 Å². The summed E-state index contributed by atoms with van der Waals surface area (Å²) in [4.78, 5) is 12.2. The monoisotopic (exact) mass is 263 g/mol. The van der Waals surface area contributed by atoms with Crippen LogP contribution in [0.5, 0.6) is 5.75 Å². The van der Waals surface area contributed by atoms with Crippen LogP contribution < -0.4 is 10.1 Å². The summed E-state index contributed by atoms with van der Waals surface area (Å²) >= 11 is 0. The number of amides is 1. The van der Waals surface area contributed by atoms with Gasteiger partial charge in [0.1, 0.15) is 18.3 Å². The summed E-state index contributed by atoms with van der Waals surface area (Å²) in [5, 5.41) is 13.0. The van der Waals surface area contributed by atoms with E-state index in [1.165, 1.54) is 0 Å². The van der Waals surface area contributed by atoms with E-state index < -0.39 is 5.60 Å². The van der Waals surface area contributed by atoms with Gasteiger partial charge in [-0.3, -0.25) is 4.79 Å². The van der Waals surface area contributed by atoms with Gasteiger partial charge in [-0.25, -0.2) is 0 Å². The van der Waals surface area contributed by atoms with Crippen molar-refractivity contribution in [2.75, 3.05) is 13.2 Å². The predicted molar refractivity (Wildman–Crippen MR) is 73.2 cm³/mol. The Morgan fingerprint density at radius 1 is 1.42 bits per heavy atom. The summed E-state index contributed by atoms with van der Waals surface area (Å²) in [5.74, 6) is 0.434. The third-order valence-electron chi connectivity index (χ3n) is 3.92. The Kier molecular flexibility index (Phi) is 4.10. The zero-order valence-electron chi connectivity index (χ0n) is 11.5. The van der Waals surface area contributed by atoms with E-state index in [-0.39, 0.29) is 18.4 Å². The maximum Gasteiger partial charge on any atom is 0.231 e. The molecule has 2 N–H and O–H groups in total. The van der Waals surface area contributed by atoms with Crippen LogP contribution in [0, 0.1) is 0 Å². The normalized spacial score (nSPS) is 17.7. The average Bonchev–Trinajstić information content (AvgIpc) is 2.88. The third kappa shape index (κ3) is 2.89. The summed E-state index contributed by atoms with van der Waals surface area (Å²) in [6.45, 7) is 4.51. The van der Waals surface area contributed by atoms with Gasteiger partial charge in [-0.1, -0.05) is 32.0 Å². The number of fused-ring (bicyclic) bond motifs is 1. The van der Waals surface area contributed by atoms with Gasteiger partial charge in [0.15, 0.2) is 0 Å². The maximum absolute atomic E-state index is 12.2. The number of carbonyl (C=O) groups excluding carboxylic acids is 1. The molecule has 0 radical (unpaired) electrons. The molecule has 0 aliphatic carbocycles. The highest BCUT2D eigenvalue weighted by Crippen LogP contribution is 2.33. The second-order valence-corrected chi connectivity index (χ2v) is 5.05. The summed E-state index contributed by atoms with van der Waals surface area (Å²) in [7, 11) is 0. The predicted octanol–water partition coefficient (Wildman–Crippen LogP) is 1.83. The first-order chi connectivity index (χ1) is 9.09.